The molecule has 2 heterocycles. The maximum Gasteiger partial charge on any atom is 0.410 e. The molecule has 2 aliphatic heterocycles. The van der Waals surface area contributed by atoms with Crippen molar-refractivity contribution in [2.24, 2.45) is 0 Å². The largest absolute Gasteiger partial charge is 0.444 e. The van der Waals surface area contributed by atoms with Crippen molar-refractivity contribution in [2.45, 2.75) is 37.8 Å². The molecule has 0 saturated carbocycles. The first-order chi connectivity index (χ1) is 7.15. The van der Waals surface area contributed by atoms with Crippen molar-refractivity contribution in [2.75, 3.05) is 19.6 Å². The third-order valence-corrected chi connectivity index (χ3v) is 2.92. The number of likely N-dealkylation sites (tertiary alicyclic amines) is 1. The highest BCUT2D eigenvalue weighted by molar-refractivity contribution is 5.70. The fraction of sp³-hybridized carbons (Fsp3) is 0.900. The SMILES string of the molecule is CC(C)(C)OC(=O)N1CC2(C1)NCC2(F)F. The lowest BCUT2D eigenvalue weighted by atomic mass is 9.77. The third-order valence-electron chi connectivity index (χ3n) is 2.92. The van der Waals surface area contributed by atoms with E-state index in [0.717, 1.165) is 0 Å². The highest BCUT2D eigenvalue weighted by Crippen LogP contribution is 2.43. The lowest BCUT2D eigenvalue weighted by Crippen LogP contribution is -2.87. The molecule has 2 aliphatic rings. The zero-order valence-electron chi connectivity index (χ0n) is 9.64. The molecule has 1 N–H and O–H groups in total. The van der Waals surface area contributed by atoms with Crippen LogP contribution >= 0.6 is 0 Å². The summed E-state index contributed by atoms with van der Waals surface area (Å²) >= 11 is 0. The molecule has 0 aromatic rings. The monoisotopic (exact) mass is 234 g/mol. The molecule has 0 aliphatic carbocycles. The molecule has 2 fully saturated rings. The van der Waals surface area contributed by atoms with Gasteiger partial charge in [0.05, 0.1) is 6.54 Å². The minimum absolute atomic E-state index is 0.0227. The fourth-order valence-electron chi connectivity index (χ4n) is 1.88. The quantitative estimate of drug-likeness (QED) is 0.685. The van der Waals surface area contributed by atoms with E-state index in [1.165, 1.54) is 4.90 Å². The van der Waals surface area contributed by atoms with Gasteiger partial charge in [-0.1, -0.05) is 0 Å². The number of nitrogens with zero attached hydrogens (tertiary/aromatic N) is 1. The molecule has 4 nitrogen and oxygen atoms in total. The summed E-state index contributed by atoms with van der Waals surface area (Å²) in [6.45, 7) is 4.99. The number of hydrogen-bond acceptors (Lipinski definition) is 3. The molecule has 2 saturated heterocycles. The number of carbonyl (C=O) groups excluding carboxylic acids is 1. The molecule has 0 unspecified atom stereocenters. The summed E-state index contributed by atoms with van der Waals surface area (Å²) in [5.74, 6) is -2.70. The highest BCUT2D eigenvalue weighted by atomic mass is 19.3. The maximum absolute atomic E-state index is 13.2. The van der Waals surface area contributed by atoms with Crippen LogP contribution in [0.3, 0.4) is 0 Å². The van der Waals surface area contributed by atoms with Gasteiger partial charge in [-0.3, -0.25) is 5.32 Å². The Kier molecular flexibility index (Phi) is 2.21. The normalized spacial score (nSPS) is 25.9. The summed E-state index contributed by atoms with van der Waals surface area (Å²) in [5.41, 5.74) is -1.78. The Balaban J connectivity index is 1.87. The number of amides is 1. The van der Waals surface area contributed by atoms with Crippen LogP contribution in [0.15, 0.2) is 0 Å². The fourth-order valence-corrected chi connectivity index (χ4v) is 1.88. The zero-order valence-corrected chi connectivity index (χ0v) is 9.64. The molecule has 1 spiro atoms. The van der Waals surface area contributed by atoms with Crippen molar-refractivity contribution in [3.63, 3.8) is 0 Å². The average Bonchev–Trinajstić information content (AvgIpc) is 1.96. The van der Waals surface area contributed by atoms with Gasteiger partial charge in [0, 0.05) is 13.1 Å². The molecule has 6 heteroatoms. The lowest BCUT2D eigenvalue weighted by Gasteiger charge is -2.59. The Labute approximate surface area is 92.9 Å². The predicted molar refractivity (Wildman–Crippen MR) is 53.5 cm³/mol. The van der Waals surface area contributed by atoms with E-state index in [-0.39, 0.29) is 19.6 Å². The summed E-state index contributed by atoms with van der Waals surface area (Å²) in [4.78, 5) is 12.8. The number of ether oxygens (including phenoxy) is 1. The second kappa shape index (κ2) is 3.06. The van der Waals surface area contributed by atoms with E-state index in [4.69, 9.17) is 4.74 Å². The molecule has 0 aromatic heterocycles. The summed E-state index contributed by atoms with van der Waals surface area (Å²) < 4.78 is 31.4. The Morgan fingerprint density at radius 2 is 1.94 bits per heavy atom. The second-order valence-electron chi connectivity index (χ2n) is 5.48. The van der Waals surface area contributed by atoms with Gasteiger partial charge in [0.1, 0.15) is 11.1 Å². The number of rotatable bonds is 0. The molecule has 2 rings (SSSR count). The molecule has 92 valence electrons. The van der Waals surface area contributed by atoms with Gasteiger partial charge in [-0.05, 0) is 20.8 Å². The third kappa shape index (κ3) is 1.65. The van der Waals surface area contributed by atoms with E-state index in [2.05, 4.69) is 5.32 Å². The number of hydrogen-bond donors (Lipinski definition) is 1. The van der Waals surface area contributed by atoms with E-state index in [9.17, 15) is 13.6 Å². The van der Waals surface area contributed by atoms with Crippen molar-refractivity contribution in [3.05, 3.63) is 0 Å². The van der Waals surface area contributed by atoms with Gasteiger partial charge in [-0.15, -0.1) is 0 Å². The standard InChI is InChI=1S/C10H16F2N2O2/c1-8(2,3)16-7(15)14-5-9(6-14)10(11,12)4-13-9/h13H,4-6H2,1-3H3. The van der Waals surface area contributed by atoms with E-state index in [0.29, 0.717) is 0 Å². The number of halogens is 2. The Morgan fingerprint density at radius 1 is 1.38 bits per heavy atom. The second-order valence-corrected chi connectivity index (χ2v) is 5.48. The van der Waals surface area contributed by atoms with Gasteiger partial charge in [-0.2, -0.15) is 0 Å². The first-order valence-corrected chi connectivity index (χ1v) is 5.26. The van der Waals surface area contributed by atoms with Crippen LogP contribution in [-0.4, -0.2) is 47.7 Å². The van der Waals surface area contributed by atoms with E-state index < -0.39 is 23.2 Å². The van der Waals surface area contributed by atoms with Gasteiger partial charge in [-0.25, -0.2) is 13.6 Å². The number of carbonyl (C=O) groups is 1. The molecule has 0 bridgehead atoms. The number of alkyl halides is 2. The molecular weight excluding hydrogens is 218 g/mol. The van der Waals surface area contributed by atoms with Crippen LogP contribution in [0, 0.1) is 0 Å². The smallest absolute Gasteiger partial charge is 0.410 e. The first-order valence-electron chi connectivity index (χ1n) is 5.26. The Morgan fingerprint density at radius 3 is 2.25 bits per heavy atom. The first kappa shape index (κ1) is 11.6. The molecule has 1 amide bonds. The van der Waals surface area contributed by atoms with Crippen molar-refractivity contribution < 1.29 is 18.3 Å². The minimum Gasteiger partial charge on any atom is -0.444 e. The van der Waals surface area contributed by atoms with Crippen molar-refractivity contribution in [3.8, 4) is 0 Å². The van der Waals surface area contributed by atoms with Crippen molar-refractivity contribution in [1.82, 2.24) is 10.2 Å². The molecule has 16 heavy (non-hydrogen) atoms. The number of nitrogens with one attached hydrogen (secondary N) is 1. The van der Waals surface area contributed by atoms with Crippen LogP contribution < -0.4 is 5.32 Å². The molecular formula is C10H16F2N2O2. The van der Waals surface area contributed by atoms with Gasteiger partial charge < -0.3 is 9.64 Å². The Hall–Kier alpha value is -0.910. The van der Waals surface area contributed by atoms with Gasteiger partial charge in [0.25, 0.3) is 5.92 Å². The minimum atomic E-state index is -2.70. The highest BCUT2D eigenvalue weighted by Gasteiger charge is 2.68. The maximum atomic E-state index is 13.2. The Bertz CT molecular complexity index is 319. The van der Waals surface area contributed by atoms with Crippen LogP contribution in [-0.2, 0) is 4.74 Å². The van der Waals surface area contributed by atoms with Crippen LogP contribution in [0.2, 0.25) is 0 Å². The van der Waals surface area contributed by atoms with Gasteiger partial charge in [0.2, 0.25) is 0 Å². The summed E-state index contributed by atoms with van der Waals surface area (Å²) in [6.07, 6.45) is -0.525. The van der Waals surface area contributed by atoms with Crippen molar-refractivity contribution in [1.29, 1.82) is 0 Å². The summed E-state index contributed by atoms with van der Waals surface area (Å²) in [5, 5.41) is 2.70. The van der Waals surface area contributed by atoms with Crippen LogP contribution in [0.4, 0.5) is 13.6 Å². The van der Waals surface area contributed by atoms with Crippen molar-refractivity contribution >= 4 is 6.09 Å². The topological polar surface area (TPSA) is 41.6 Å². The van der Waals surface area contributed by atoms with Crippen LogP contribution in [0.5, 0.6) is 0 Å². The van der Waals surface area contributed by atoms with Crippen LogP contribution in [0.1, 0.15) is 20.8 Å². The predicted octanol–water partition coefficient (Wildman–Crippen LogP) is 1.21. The van der Waals surface area contributed by atoms with Crippen LogP contribution in [0.25, 0.3) is 0 Å². The molecule has 0 radical (unpaired) electrons. The average molecular weight is 234 g/mol. The van der Waals surface area contributed by atoms with E-state index >= 15 is 0 Å². The molecule has 0 aromatic carbocycles. The van der Waals surface area contributed by atoms with E-state index in [1.54, 1.807) is 20.8 Å². The van der Waals surface area contributed by atoms with Gasteiger partial charge >= 0.3 is 6.09 Å². The summed E-state index contributed by atoms with van der Waals surface area (Å²) in [7, 11) is 0. The van der Waals surface area contributed by atoms with E-state index in [1.807, 2.05) is 0 Å². The zero-order chi connectivity index (χ0) is 12.2. The summed E-state index contributed by atoms with van der Waals surface area (Å²) in [6, 6.07) is 0. The van der Waals surface area contributed by atoms with Gasteiger partial charge in [0.15, 0.2) is 0 Å². The lowest BCUT2D eigenvalue weighted by molar-refractivity contribution is -0.204. The molecule has 0 atom stereocenters.